The summed E-state index contributed by atoms with van der Waals surface area (Å²) in [6.07, 6.45) is 0.316. The molecule has 0 saturated carbocycles. The number of benzene rings is 2. The zero-order valence-electron chi connectivity index (χ0n) is 13.8. The van der Waals surface area contributed by atoms with Crippen molar-refractivity contribution >= 4 is 27.3 Å². The van der Waals surface area contributed by atoms with Gasteiger partial charge in [-0.1, -0.05) is 60.7 Å². The molecule has 2 aromatic carbocycles. The Morgan fingerprint density at radius 2 is 1.60 bits per heavy atom. The van der Waals surface area contributed by atoms with Crippen LogP contribution in [0.15, 0.2) is 76.6 Å². The lowest BCUT2D eigenvalue weighted by atomic mass is 9.94. The van der Waals surface area contributed by atoms with Crippen LogP contribution in [0.1, 0.15) is 22.0 Å². The second kappa shape index (κ2) is 7.83. The Morgan fingerprint density at radius 1 is 1.00 bits per heavy atom. The van der Waals surface area contributed by atoms with Gasteiger partial charge in [0.2, 0.25) is 0 Å². The van der Waals surface area contributed by atoms with E-state index in [9.17, 15) is 0 Å². The van der Waals surface area contributed by atoms with E-state index < -0.39 is 0 Å². The minimum absolute atomic E-state index is 0.304. The molecule has 0 unspecified atom stereocenters. The SMILES string of the molecule is Brc1csc(COC2CN(C(c3ccccc3)c3ccccc3)C2)c1. The van der Waals surface area contributed by atoms with Crippen molar-refractivity contribution in [2.45, 2.75) is 18.8 Å². The Labute approximate surface area is 161 Å². The molecule has 3 aromatic rings. The van der Waals surface area contributed by atoms with Gasteiger partial charge in [0, 0.05) is 27.8 Å². The largest absolute Gasteiger partial charge is 0.370 e. The second-order valence-corrected chi connectivity index (χ2v) is 8.25. The van der Waals surface area contributed by atoms with Crippen LogP contribution < -0.4 is 0 Å². The number of nitrogens with zero attached hydrogens (tertiary/aromatic N) is 1. The van der Waals surface area contributed by atoms with Gasteiger partial charge in [-0.05, 0) is 33.1 Å². The summed E-state index contributed by atoms with van der Waals surface area (Å²) in [7, 11) is 0. The lowest BCUT2D eigenvalue weighted by molar-refractivity contribution is -0.0733. The van der Waals surface area contributed by atoms with Gasteiger partial charge in [-0.3, -0.25) is 4.90 Å². The van der Waals surface area contributed by atoms with E-state index in [1.807, 2.05) is 0 Å². The summed E-state index contributed by atoms with van der Waals surface area (Å²) in [4.78, 5) is 3.77. The highest BCUT2D eigenvalue weighted by Gasteiger charge is 2.34. The summed E-state index contributed by atoms with van der Waals surface area (Å²) in [6.45, 7) is 2.65. The highest BCUT2D eigenvalue weighted by atomic mass is 79.9. The van der Waals surface area contributed by atoms with Gasteiger partial charge in [-0.25, -0.2) is 0 Å². The van der Waals surface area contributed by atoms with E-state index in [2.05, 4.69) is 92.9 Å². The molecule has 4 heteroatoms. The molecule has 1 saturated heterocycles. The number of rotatable bonds is 6. The monoisotopic (exact) mass is 413 g/mol. The van der Waals surface area contributed by atoms with Gasteiger partial charge in [0.15, 0.2) is 0 Å². The maximum Gasteiger partial charge on any atom is 0.0834 e. The standard InChI is InChI=1S/C21H20BrNOS/c22-18-11-20(25-15-18)14-24-19-12-23(13-19)21(16-7-3-1-4-8-16)17-9-5-2-6-10-17/h1-11,15,19,21H,12-14H2. The Balaban J connectivity index is 1.42. The molecule has 0 N–H and O–H groups in total. The third kappa shape index (κ3) is 4.04. The minimum Gasteiger partial charge on any atom is -0.370 e. The molecule has 0 aliphatic carbocycles. The van der Waals surface area contributed by atoms with Gasteiger partial charge in [-0.2, -0.15) is 0 Å². The second-order valence-electron chi connectivity index (χ2n) is 6.34. The molecule has 0 radical (unpaired) electrons. The first-order valence-electron chi connectivity index (χ1n) is 8.48. The van der Waals surface area contributed by atoms with Crippen molar-refractivity contribution in [1.82, 2.24) is 4.90 Å². The van der Waals surface area contributed by atoms with Crippen LogP contribution in [-0.2, 0) is 11.3 Å². The predicted octanol–water partition coefficient (Wildman–Crippen LogP) is 5.50. The number of hydrogen-bond acceptors (Lipinski definition) is 3. The van der Waals surface area contributed by atoms with Crippen LogP contribution in [0.5, 0.6) is 0 Å². The molecule has 0 atom stereocenters. The minimum atomic E-state index is 0.304. The average Bonchev–Trinajstić information content (AvgIpc) is 3.03. The van der Waals surface area contributed by atoms with Gasteiger partial charge in [0.25, 0.3) is 0 Å². The lowest BCUT2D eigenvalue weighted by Gasteiger charge is -2.44. The van der Waals surface area contributed by atoms with Crippen LogP contribution in [0.4, 0.5) is 0 Å². The summed E-state index contributed by atoms with van der Waals surface area (Å²) in [5, 5.41) is 2.10. The number of likely N-dealkylation sites (tertiary alicyclic amines) is 1. The van der Waals surface area contributed by atoms with E-state index in [1.54, 1.807) is 11.3 Å². The molecule has 0 spiro atoms. The van der Waals surface area contributed by atoms with E-state index in [0.717, 1.165) is 17.6 Å². The maximum absolute atomic E-state index is 6.08. The highest BCUT2D eigenvalue weighted by molar-refractivity contribution is 9.10. The lowest BCUT2D eigenvalue weighted by Crippen LogP contribution is -2.53. The quantitative estimate of drug-likeness (QED) is 0.528. The molecule has 1 aliphatic rings. The van der Waals surface area contributed by atoms with Crippen molar-refractivity contribution in [1.29, 1.82) is 0 Å². The van der Waals surface area contributed by atoms with Crippen LogP contribution in [0.25, 0.3) is 0 Å². The fraction of sp³-hybridized carbons (Fsp3) is 0.238. The summed E-state index contributed by atoms with van der Waals surface area (Å²) < 4.78 is 7.22. The first-order chi connectivity index (χ1) is 12.3. The van der Waals surface area contributed by atoms with Gasteiger partial charge >= 0.3 is 0 Å². The molecule has 0 bridgehead atoms. The third-order valence-corrected chi connectivity index (χ3v) is 6.23. The Bertz CT molecular complexity index is 760. The Kier molecular flexibility index (Phi) is 5.32. The summed E-state index contributed by atoms with van der Waals surface area (Å²) in [6, 6.07) is 23.9. The molecule has 4 rings (SSSR count). The van der Waals surface area contributed by atoms with Crippen LogP contribution >= 0.6 is 27.3 Å². The fourth-order valence-electron chi connectivity index (χ4n) is 3.30. The topological polar surface area (TPSA) is 12.5 Å². The first-order valence-corrected chi connectivity index (χ1v) is 10.2. The summed E-state index contributed by atoms with van der Waals surface area (Å²) in [5.74, 6) is 0. The normalized spacial score (nSPS) is 15.4. The number of hydrogen-bond donors (Lipinski definition) is 0. The van der Waals surface area contributed by atoms with E-state index in [4.69, 9.17) is 4.74 Å². The Hall–Kier alpha value is -1.46. The van der Waals surface area contributed by atoms with Crippen molar-refractivity contribution in [3.05, 3.63) is 92.6 Å². The van der Waals surface area contributed by atoms with Gasteiger partial charge in [0.05, 0.1) is 18.8 Å². The molecule has 1 aliphatic heterocycles. The van der Waals surface area contributed by atoms with Crippen LogP contribution in [0, 0.1) is 0 Å². The molecule has 2 nitrogen and oxygen atoms in total. The van der Waals surface area contributed by atoms with Gasteiger partial charge in [0.1, 0.15) is 0 Å². The van der Waals surface area contributed by atoms with Crippen LogP contribution in [0.2, 0.25) is 0 Å². The highest BCUT2D eigenvalue weighted by Crippen LogP contribution is 2.33. The van der Waals surface area contributed by atoms with Gasteiger partial charge in [-0.15, -0.1) is 11.3 Å². The molecule has 2 heterocycles. The molecule has 128 valence electrons. The number of thiophene rings is 1. The molecular formula is C21H20BrNOS. The maximum atomic E-state index is 6.08. The van der Waals surface area contributed by atoms with Crippen molar-refractivity contribution in [3.8, 4) is 0 Å². The first kappa shape index (κ1) is 17.0. The van der Waals surface area contributed by atoms with Crippen LogP contribution in [0.3, 0.4) is 0 Å². The molecule has 25 heavy (non-hydrogen) atoms. The van der Waals surface area contributed by atoms with Crippen molar-refractivity contribution in [2.75, 3.05) is 13.1 Å². The van der Waals surface area contributed by atoms with Crippen LogP contribution in [-0.4, -0.2) is 24.1 Å². The molecule has 1 fully saturated rings. The van der Waals surface area contributed by atoms with Crippen molar-refractivity contribution in [2.24, 2.45) is 0 Å². The number of halogens is 1. The fourth-order valence-corrected chi connectivity index (χ4v) is 4.67. The van der Waals surface area contributed by atoms with E-state index in [0.29, 0.717) is 18.8 Å². The van der Waals surface area contributed by atoms with Crippen molar-refractivity contribution in [3.63, 3.8) is 0 Å². The van der Waals surface area contributed by atoms with Crippen molar-refractivity contribution < 1.29 is 4.74 Å². The van der Waals surface area contributed by atoms with E-state index in [-0.39, 0.29) is 0 Å². The average molecular weight is 414 g/mol. The zero-order chi connectivity index (χ0) is 17.1. The molecular weight excluding hydrogens is 394 g/mol. The Morgan fingerprint density at radius 3 is 2.12 bits per heavy atom. The molecule has 0 amide bonds. The summed E-state index contributed by atoms with van der Waals surface area (Å²) >= 11 is 5.24. The van der Waals surface area contributed by atoms with Gasteiger partial charge < -0.3 is 4.74 Å². The van der Waals surface area contributed by atoms with E-state index in [1.165, 1.54) is 16.0 Å². The summed E-state index contributed by atoms with van der Waals surface area (Å²) in [5.41, 5.74) is 2.68. The van der Waals surface area contributed by atoms with E-state index >= 15 is 0 Å². The number of ether oxygens (including phenoxy) is 1. The smallest absolute Gasteiger partial charge is 0.0834 e. The predicted molar refractivity (Wildman–Crippen MR) is 107 cm³/mol. The zero-order valence-corrected chi connectivity index (χ0v) is 16.2. The molecule has 1 aromatic heterocycles. The third-order valence-electron chi connectivity index (χ3n) is 4.56.